The summed E-state index contributed by atoms with van der Waals surface area (Å²) in [5.41, 5.74) is 12.0. The van der Waals surface area contributed by atoms with Crippen molar-refractivity contribution in [2.24, 2.45) is 5.41 Å². The number of fused-ring (bicyclic) bond motifs is 3. The van der Waals surface area contributed by atoms with Crippen molar-refractivity contribution in [1.82, 2.24) is 19.4 Å². The maximum Gasteiger partial charge on any atom is 0.169 e. The minimum absolute atomic E-state index is 0.205. The topological polar surface area (TPSA) is 60.0 Å². The number of pyridine rings is 1. The zero-order valence-electron chi connectivity index (χ0n) is 19.8. The van der Waals surface area contributed by atoms with Crippen LogP contribution in [0, 0.1) is 5.41 Å². The van der Waals surface area contributed by atoms with Crippen molar-refractivity contribution < 1.29 is 0 Å². The van der Waals surface area contributed by atoms with Gasteiger partial charge in [-0.15, -0.1) is 0 Å². The predicted octanol–water partition coefficient (Wildman–Crippen LogP) is 5.95. The Labute approximate surface area is 200 Å². The van der Waals surface area contributed by atoms with Gasteiger partial charge in [0.15, 0.2) is 11.0 Å². The highest BCUT2D eigenvalue weighted by molar-refractivity contribution is 7.99. The second kappa shape index (κ2) is 8.99. The van der Waals surface area contributed by atoms with Crippen LogP contribution in [0.1, 0.15) is 44.7 Å². The lowest BCUT2D eigenvalue weighted by Gasteiger charge is -2.18. The first kappa shape index (κ1) is 22.2. The fourth-order valence-corrected chi connectivity index (χ4v) is 5.54. The number of thioether (sulfide) groups is 1. The van der Waals surface area contributed by atoms with Gasteiger partial charge in [-0.1, -0.05) is 75.0 Å². The van der Waals surface area contributed by atoms with Gasteiger partial charge in [0.2, 0.25) is 0 Å². The van der Waals surface area contributed by atoms with Crippen LogP contribution in [0.5, 0.6) is 0 Å². The first-order valence-electron chi connectivity index (χ1n) is 11.8. The summed E-state index contributed by atoms with van der Waals surface area (Å²) < 4.78 is 2.33. The Hall–Kier alpha value is -2.57. The first-order chi connectivity index (χ1) is 15.9. The number of hydrogen-bond acceptors (Lipinski definition) is 5. The summed E-state index contributed by atoms with van der Waals surface area (Å²) in [6.45, 7) is 11.0. The molecule has 1 aliphatic heterocycles. The minimum Gasteiger partial charge on any atom is -0.382 e. The number of para-hydroxylation sites is 1. The lowest BCUT2D eigenvalue weighted by atomic mass is 10.0. The number of nitrogens with zero attached hydrogens (tertiary/aromatic N) is 4. The molecule has 33 heavy (non-hydrogen) atoms. The molecule has 0 unspecified atom stereocenters. The normalized spacial score (nSPS) is 15.1. The summed E-state index contributed by atoms with van der Waals surface area (Å²) in [6.07, 6.45) is 2.65. The van der Waals surface area contributed by atoms with Gasteiger partial charge >= 0.3 is 0 Å². The first-order valence-corrected chi connectivity index (χ1v) is 12.8. The van der Waals surface area contributed by atoms with Gasteiger partial charge in [0.05, 0.1) is 17.6 Å². The average Bonchev–Trinajstić information content (AvgIpc) is 3.42. The molecule has 0 spiro atoms. The average molecular weight is 460 g/mol. The zero-order chi connectivity index (χ0) is 23.0. The second-order valence-electron chi connectivity index (χ2n) is 10.3. The maximum absolute atomic E-state index is 6.38. The highest BCUT2D eigenvalue weighted by Gasteiger charge is 2.20. The van der Waals surface area contributed by atoms with Gasteiger partial charge in [0.25, 0.3) is 0 Å². The van der Waals surface area contributed by atoms with Crippen LogP contribution in [-0.4, -0.2) is 38.3 Å². The van der Waals surface area contributed by atoms with Crippen LogP contribution in [0.4, 0.5) is 5.82 Å². The third-order valence-electron chi connectivity index (χ3n) is 6.18. The fraction of sp³-hybridized carbons (Fsp3) is 0.407. The van der Waals surface area contributed by atoms with E-state index in [1.165, 1.54) is 37.1 Å². The molecule has 2 N–H and O–H groups in total. The van der Waals surface area contributed by atoms with Gasteiger partial charge in [0.1, 0.15) is 5.52 Å². The van der Waals surface area contributed by atoms with E-state index in [0.717, 1.165) is 45.9 Å². The van der Waals surface area contributed by atoms with Crippen molar-refractivity contribution in [3.8, 4) is 0 Å². The van der Waals surface area contributed by atoms with E-state index in [1.807, 2.05) is 12.1 Å². The molecule has 0 radical (unpaired) electrons. The van der Waals surface area contributed by atoms with Gasteiger partial charge < -0.3 is 10.3 Å². The second-order valence-corrected chi connectivity index (χ2v) is 11.3. The van der Waals surface area contributed by atoms with Crippen molar-refractivity contribution in [3.63, 3.8) is 0 Å². The third-order valence-corrected chi connectivity index (χ3v) is 7.76. The fourth-order valence-electron chi connectivity index (χ4n) is 4.51. The van der Waals surface area contributed by atoms with Crippen molar-refractivity contribution in [3.05, 3.63) is 59.7 Å². The van der Waals surface area contributed by atoms with Crippen LogP contribution < -0.4 is 5.73 Å². The van der Waals surface area contributed by atoms with E-state index in [2.05, 4.69) is 71.6 Å². The van der Waals surface area contributed by atoms with Gasteiger partial charge in [-0.3, -0.25) is 4.90 Å². The summed E-state index contributed by atoms with van der Waals surface area (Å²) in [5, 5.41) is 2.10. The smallest absolute Gasteiger partial charge is 0.169 e. The largest absolute Gasteiger partial charge is 0.382 e. The van der Waals surface area contributed by atoms with E-state index >= 15 is 0 Å². The molecule has 0 atom stereocenters. The van der Waals surface area contributed by atoms with E-state index in [4.69, 9.17) is 10.7 Å². The van der Waals surface area contributed by atoms with E-state index in [9.17, 15) is 0 Å². The van der Waals surface area contributed by atoms with Gasteiger partial charge in [-0.25, -0.2) is 9.97 Å². The number of nitrogens with two attached hydrogens (primary N) is 1. The molecule has 2 aromatic heterocycles. The van der Waals surface area contributed by atoms with Crippen molar-refractivity contribution in [1.29, 1.82) is 0 Å². The molecule has 172 valence electrons. The molecular weight excluding hydrogens is 426 g/mol. The molecule has 0 bridgehead atoms. The summed E-state index contributed by atoms with van der Waals surface area (Å²) >= 11 is 1.80. The van der Waals surface area contributed by atoms with E-state index in [1.54, 1.807) is 11.8 Å². The molecule has 0 saturated carbocycles. The van der Waals surface area contributed by atoms with Gasteiger partial charge in [-0.2, -0.15) is 0 Å². The molecule has 3 heterocycles. The minimum atomic E-state index is 0.205. The number of hydrogen-bond donors (Lipinski definition) is 1. The molecule has 0 amide bonds. The number of nitrogen functional groups attached to an aromatic ring is 1. The Kier molecular flexibility index (Phi) is 6.06. The Morgan fingerprint density at radius 3 is 2.27 bits per heavy atom. The molecule has 5 nitrogen and oxygen atoms in total. The van der Waals surface area contributed by atoms with Crippen LogP contribution in [0.15, 0.2) is 53.7 Å². The summed E-state index contributed by atoms with van der Waals surface area (Å²) in [4.78, 5) is 12.1. The molecule has 1 aliphatic rings. The molecule has 0 aliphatic carbocycles. The summed E-state index contributed by atoms with van der Waals surface area (Å²) in [5.74, 6) is 1.48. The molecule has 5 rings (SSSR count). The maximum atomic E-state index is 6.38. The molecule has 1 fully saturated rings. The summed E-state index contributed by atoms with van der Waals surface area (Å²) in [6, 6.07) is 17.3. The molecule has 6 heteroatoms. The van der Waals surface area contributed by atoms with Gasteiger partial charge in [0, 0.05) is 17.7 Å². The quantitative estimate of drug-likeness (QED) is 0.361. The lowest BCUT2D eigenvalue weighted by molar-refractivity contribution is 0.331. The van der Waals surface area contributed by atoms with Gasteiger partial charge in [-0.05, 0) is 48.5 Å². The van der Waals surface area contributed by atoms with Crippen LogP contribution >= 0.6 is 11.8 Å². The molecule has 1 saturated heterocycles. The van der Waals surface area contributed by atoms with Crippen molar-refractivity contribution >= 4 is 39.5 Å². The van der Waals surface area contributed by atoms with E-state index in [0.29, 0.717) is 5.82 Å². The number of likely N-dealkylation sites (tertiary alicyclic amines) is 1. The zero-order valence-corrected chi connectivity index (χ0v) is 20.7. The SMILES string of the molecule is CC(C)(C)CSc1nc2c(N)nc3ccccc3c2n1Cc1ccc(CN2CCCC2)cc1. The summed E-state index contributed by atoms with van der Waals surface area (Å²) in [7, 11) is 0. The Morgan fingerprint density at radius 2 is 1.58 bits per heavy atom. The highest BCUT2D eigenvalue weighted by Crippen LogP contribution is 2.35. The Balaban J connectivity index is 1.53. The number of aromatic nitrogens is 3. The molecular formula is C27H33N5S. The van der Waals surface area contributed by atoms with Crippen molar-refractivity contribution in [2.45, 2.75) is 51.9 Å². The number of benzene rings is 2. The third kappa shape index (κ3) is 4.87. The highest BCUT2D eigenvalue weighted by atomic mass is 32.2. The molecule has 4 aromatic rings. The van der Waals surface area contributed by atoms with Crippen LogP contribution in [0.2, 0.25) is 0 Å². The Morgan fingerprint density at radius 1 is 0.909 bits per heavy atom. The van der Waals surface area contributed by atoms with E-state index in [-0.39, 0.29) is 5.41 Å². The van der Waals surface area contributed by atoms with Crippen molar-refractivity contribution in [2.75, 3.05) is 24.6 Å². The predicted molar refractivity (Wildman–Crippen MR) is 140 cm³/mol. The van der Waals surface area contributed by atoms with Crippen LogP contribution in [-0.2, 0) is 13.1 Å². The van der Waals surface area contributed by atoms with Crippen LogP contribution in [0.3, 0.4) is 0 Å². The standard InChI is InChI=1S/C27H33N5S/c1-27(2,3)18-33-26-30-23-24(21-8-4-5-9-22(21)29-25(23)28)32(26)17-20-12-10-19(11-13-20)16-31-14-6-7-15-31/h4-5,8-13H,6-7,14-18H2,1-3H3,(H2,28,29). The number of anilines is 1. The monoisotopic (exact) mass is 459 g/mol. The molecule has 2 aromatic carbocycles. The number of rotatable bonds is 6. The van der Waals surface area contributed by atoms with E-state index < -0.39 is 0 Å². The Bertz CT molecular complexity index is 1260. The van der Waals surface area contributed by atoms with Crippen LogP contribution in [0.25, 0.3) is 21.9 Å². The number of imidazole rings is 1. The lowest BCUT2D eigenvalue weighted by Crippen LogP contribution is -2.18.